The van der Waals surface area contributed by atoms with Crippen LogP contribution in [-0.4, -0.2) is 11.2 Å². The third-order valence-electron chi connectivity index (χ3n) is 1.63. The van der Waals surface area contributed by atoms with Crippen LogP contribution in [0.15, 0.2) is 22.2 Å². The van der Waals surface area contributed by atoms with E-state index in [2.05, 4.69) is 22.0 Å². The number of hydrogen-bond acceptors (Lipinski definition) is 1. The lowest BCUT2D eigenvalue weighted by Gasteiger charge is -2.12. The Bertz CT molecular complexity index is 180. The minimum absolute atomic E-state index is 0.291. The highest BCUT2D eigenvalue weighted by molar-refractivity contribution is 9.11. The first-order chi connectivity index (χ1) is 4.70. The summed E-state index contributed by atoms with van der Waals surface area (Å²) >= 11 is 3.37. The van der Waals surface area contributed by atoms with Crippen LogP contribution in [0.5, 0.6) is 0 Å². The van der Waals surface area contributed by atoms with Gasteiger partial charge in [0.15, 0.2) is 0 Å². The second kappa shape index (κ2) is 3.35. The highest BCUT2D eigenvalue weighted by Gasteiger charge is 2.07. The van der Waals surface area contributed by atoms with Crippen molar-refractivity contribution in [3.63, 3.8) is 0 Å². The molecule has 1 aliphatic rings. The maximum Gasteiger partial charge on any atom is 0.0725 e. The zero-order chi connectivity index (χ0) is 7.56. The molecule has 1 N–H and O–H groups in total. The lowest BCUT2D eigenvalue weighted by atomic mass is 10.0. The highest BCUT2D eigenvalue weighted by Crippen LogP contribution is 2.22. The molecule has 1 atom stereocenters. The molecule has 0 aromatic carbocycles. The highest BCUT2D eigenvalue weighted by atomic mass is 79.9. The maximum atomic E-state index is 9.18. The van der Waals surface area contributed by atoms with Crippen molar-refractivity contribution < 1.29 is 5.11 Å². The molecule has 2 heteroatoms. The fraction of sp³-hybridized carbons (Fsp3) is 0.500. The normalized spacial score (nSPS) is 21.5. The first kappa shape index (κ1) is 8.02. The van der Waals surface area contributed by atoms with E-state index < -0.39 is 0 Å². The molecule has 0 heterocycles. The Morgan fingerprint density at radius 2 is 2.40 bits per heavy atom. The van der Waals surface area contributed by atoms with Gasteiger partial charge in [-0.05, 0) is 31.4 Å². The number of allylic oxidation sites excluding steroid dienone is 3. The number of aliphatic hydroxyl groups is 1. The molecule has 56 valence electrons. The summed E-state index contributed by atoms with van der Waals surface area (Å²) in [5.74, 6) is 0. The van der Waals surface area contributed by atoms with E-state index >= 15 is 0 Å². The summed E-state index contributed by atoms with van der Waals surface area (Å²) in [6.07, 6.45) is 5.85. The fourth-order valence-corrected chi connectivity index (χ4v) is 1.54. The summed E-state index contributed by atoms with van der Waals surface area (Å²) in [7, 11) is 0. The third-order valence-corrected chi connectivity index (χ3v) is 2.18. The summed E-state index contributed by atoms with van der Waals surface area (Å²) in [5, 5.41) is 9.18. The van der Waals surface area contributed by atoms with Crippen LogP contribution in [0, 0.1) is 0 Å². The summed E-state index contributed by atoms with van der Waals surface area (Å²) < 4.78 is 1.09. The van der Waals surface area contributed by atoms with Gasteiger partial charge in [-0.15, -0.1) is 0 Å². The lowest BCUT2D eigenvalue weighted by Crippen LogP contribution is -2.06. The van der Waals surface area contributed by atoms with Gasteiger partial charge in [-0.2, -0.15) is 0 Å². The average Bonchev–Trinajstić information content (AvgIpc) is 1.88. The average molecular weight is 203 g/mol. The van der Waals surface area contributed by atoms with E-state index in [1.54, 1.807) is 6.92 Å². The zero-order valence-electron chi connectivity index (χ0n) is 5.97. The zero-order valence-corrected chi connectivity index (χ0v) is 7.56. The summed E-state index contributed by atoms with van der Waals surface area (Å²) in [5.41, 5.74) is 1.12. The quantitative estimate of drug-likeness (QED) is 0.693. The minimum Gasteiger partial charge on any atom is -0.389 e. The Balaban J connectivity index is 2.69. The minimum atomic E-state index is -0.291. The number of aliphatic hydroxyl groups excluding tert-OH is 1. The monoisotopic (exact) mass is 202 g/mol. The Kier molecular flexibility index (Phi) is 2.69. The first-order valence-corrected chi connectivity index (χ1v) is 4.23. The smallest absolute Gasteiger partial charge is 0.0725 e. The van der Waals surface area contributed by atoms with E-state index in [4.69, 9.17) is 0 Å². The van der Waals surface area contributed by atoms with Gasteiger partial charge >= 0.3 is 0 Å². The van der Waals surface area contributed by atoms with E-state index in [0.29, 0.717) is 0 Å². The summed E-state index contributed by atoms with van der Waals surface area (Å²) in [6.45, 7) is 1.80. The molecule has 1 unspecified atom stereocenters. The predicted octanol–water partition coefficient (Wildman–Crippen LogP) is 2.37. The van der Waals surface area contributed by atoms with Crippen LogP contribution < -0.4 is 0 Å². The molecule has 1 aliphatic carbocycles. The lowest BCUT2D eigenvalue weighted by molar-refractivity contribution is 0.227. The second-order valence-electron chi connectivity index (χ2n) is 2.52. The van der Waals surface area contributed by atoms with Crippen LogP contribution in [0.25, 0.3) is 0 Å². The topological polar surface area (TPSA) is 20.2 Å². The van der Waals surface area contributed by atoms with Gasteiger partial charge in [0, 0.05) is 4.48 Å². The second-order valence-corrected chi connectivity index (χ2v) is 3.44. The van der Waals surface area contributed by atoms with E-state index in [1.165, 1.54) is 0 Å². The number of halogens is 1. The molecule has 0 saturated heterocycles. The van der Waals surface area contributed by atoms with Gasteiger partial charge < -0.3 is 5.11 Å². The maximum absolute atomic E-state index is 9.18. The van der Waals surface area contributed by atoms with Crippen LogP contribution in [0.3, 0.4) is 0 Å². The van der Waals surface area contributed by atoms with Crippen molar-refractivity contribution >= 4 is 15.9 Å². The fourth-order valence-electron chi connectivity index (χ4n) is 1.01. The number of hydrogen-bond donors (Lipinski definition) is 1. The van der Waals surface area contributed by atoms with Crippen LogP contribution in [0.2, 0.25) is 0 Å². The Morgan fingerprint density at radius 1 is 1.70 bits per heavy atom. The third kappa shape index (κ3) is 1.96. The van der Waals surface area contributed by atoms with Crippen molar-refractivity contribution in [1.82, 2.24) is 0 Å². The molecule has 0 spiro atoms. The molecule has 1 nitrogen and oxygen atoms in total. The Hall–Kier alpha value is -0.0800. The van der Waals surface area contributed by atoms with Gasteiger partial charge in [0.1, 0.15) is 0 Å². The Morgan fingerprint density at radius 3 is 2.80 bits per heavy atom. The van der Waals surface area contributed by atoms with Gasteiger partial charge in [0.25, 0.3) is 0 Å². The molecular weight excluding hydrogens is 192 g/mol. The first-order valence-electron chi connectivity index (χ1n) is 3.44. The van der Waals surface area contributed by atoms with Gasteiger partial charge in [-0.25, -0.2) is 0 Å². The van der Waals surface area contributed by atoms with Crippen molar-refractivity contribution in [3.05, 3.63) is 22.2 Å². The molecule has 0 radical (unpaired) electrons. The van der Waals surface area contributed by atoms with E-state index in [-0.39, 0.29) is 6.10 Å². The molecule has 10 heavy (non-hydrogen) atoms. The van der Waals surface area contributed by atoms with Crippen molar-refractivity contribution in [2.75, 3.05) is 0 Å². The van der Waals surface area contributed by atoms with Crippen molar-refractivity contribution in [2.45, 2.75) is 25.9 Å². The Labute approximate surface area is 69.6 Å². The summed E-state index contributed by atoms with van der Waals surface area (Å²) in [6, 6.07) is 0. The van der Waals surface area contributed by atoms with Gasteiger partial charge in [0.05, 0.1) is 6.10 Å². The molecule has 0 aliphatic heterocycles. The molecule has 0 amide bonds. The molecular formula is C8H11BrO. The van der Waals surface area contributed by atoms with E-state index in [0.717, 1.165) is 22.9 Å². The van der Waals surface area contributed by atoms with Crippen LogP contribution in [0.1, 0.15) is 19.8 Å². The largest absolute Gasteiger partial charge is 0.389 e. The molecule has 0 bridgehead atoms. The van der Waals surface area contributed by atoms with Crippen molar-refractivity contribution in [3.8, 4) is 0 Å². The van der Waals surface area contributed by atoms with Crippen molar-refractivity contribution in [2.24, 2.45) is 0 Å². The SMILES string of the molecule is CC(O)C1=CC(Br)=CCC1. The molecule has 0 aromatic rings. The molecule has 0 aromatic heterocycles. The van der Waals surface area contributed by atoms with E-state index in [9.17, 15) is 5.11 Å². The molecule has 0 saturated carbocycles. The van der Waals surface area contributed by atoms with Crippen molar-refractivity contribution in [1.29, 1.82) is 0 Å². The van der Waals surface area contributed by atoms with Crippen LogP contribution in [0.4, 0.5) is 0 Å². The molecule has 0 fully saturated rings. The van der Waals surface area contributed by atoms with Gasteiger partial charge in [0.2, 0.25) is 0 Å². The van der Waals surface area contributed by atoms with Crippen LogP contribution in [-0.2, 0) is 0 Å². The molecule has 1 rings (SSSR count). The van der Waals surface area contributed by atoms with E-state index in [1.807, 2.05) is 6.08 Å². The van der Waals surface area contributed by atoms with Gasteiger partial charge in [-0.3, -0.25) is 0 Å². The number of rotatable bonds is 1. The predicted molar refractivity (Wildman–Crippen MR) is 46.0 cm³/mol. The van der Waals surface area contributed by atoms with Crippen LogP contribution >= 0.6 is 15.9 Å². The summed E-state index contributed by atoms with van der Waals surface area (Å²) in [4.78, 5) is 0. The van der Waals surface area contributed by atoms with Gasteiger partial charge in [-0.1, -0.05) is 22.0 Å². The standard InChI is InChI=1S/C8H11BrO/c1-6(10)7-3-2-4-8(9)5-7/h4-6,10H,2-3H2,1H3.